The van der Waals surface area contributed by atoms with Crippen molar-refractivity contribution in [1.82, 2.24) is 0 Å². The molecule has 0 spiro atoms. The Kier molecular flexibility index (Phi) is 9.50. The Morgan fingerprint density at radius 1 is 0.897 bits per heavy atom. The molecule has 1 amide bonds. The molecule has 4 aromatic rings. The fourth-order valence-corrected chi connectivity index (χ4v) is 5.61. The third kappa shape index (κ3) is 6.92. The molecule has 2 unspecified atom stereocenters. The molecule has 0 heterocycles. The number of hydrogen-bond acceptors (Lipinski definition) is 4. The number of benzene rings is 4. The summed E-state index contributed by atoms with van der Waals surface area (Å²) in [6.45, 7) is 1.89. The Labute approximate surface area is 238 Å². The summed E-state index contributed by atoms with van der Waals surface area (Å²) in [5, 5.41) is 11.9. The van der Waals surface area contributed by atoms with Crippen molar-refractivity contribution in [3.8, 4) is 11.1 Å². The summed E-state index contributed by atoms with van der Waals surface area (Å²) in [6.07, 6.45) is 1.02. The average molecular weight is 609 g/mol. The average Bonchev–Trinajstić information content (AvgIpc) is 2.92. The summed E-state index contributed by atoms with van der Waals surface area (Å²) in [5.41, 5.74) is 2.91. The second-order valence-corrected chi connectivity index (χ2v) is 10.9. The fourth-order valence-electron chi connectivity index (χ4n) is 4.65. The van der Waals surface area contributed by atoms with Crippen molar-refractivity contribution < 1.29 is 23.5 Å². The molecule has 7 nitrogen and oxygen atoms in total. The molecule has 39 heavy (non-hydrogen) atoms. The monoisotopic (exact) mass is 607 g/mol. The summed E-state index contributed by atoms with van der Waals surface area (Å²) >= 11 is 0.611. The van der Waals surface area contributed by atoms with Crippen LogP contribution in [-0.4, -0.2) is 38.3 Å². The second kappa shape index (κ2) is 13.0. The van der Waals surface area contributed by atoms with Crippen molar-refractivity contribution in [1.29, 1.82) is 0 Å². The number of unbranched alkanes of at least 4 members (excludes halogenated alkanes) is 1. The lowest BCUT2D eigenvalue weighted by atomic mass is 10.0. The van der Waals surface area contributed by atoms with E-state index in [0.717, 1.165) is 36.4 Å². The van der Waals surface area contributed by atoms with E-state index in [4.69, 9.17) is 0 Å². The van der Waals surface area contributed by atoms with Crippen LogP contribution in [0.1, 0.15) is 26.2 Å². The number of carbonyl (C=O) groups excluding carboxylic acids is 1. The van der Waals surface area contributed by atoms with Gasteiger partial charge in [0.15, 0.2) is 0 Å². The predicted molar refractivity (Wildman–Crippen MR) is 158 cm³/mol. The van der Waals surface area contributed by atoms with E-state index >= 15 is 0 Å². The molecule has 0 aromatic heterocycles. The van der Waals surface area contributed by atoms with Gasteiger partial charge < -0.3 is 14.6 Å². The number of halogens is 1. The van der Waals surface area contributed by atoms with Gasteiger partial charge >= 0.3 is 5.97 Å². The van der Waals surface area contributed by atoms with Gasteiger partial charge in [0, 0.05) is 40.3 Å². The number of fused-ring (bicyclic) bond motifs is 1. The van der Waals surface area contributed by atoms with E-state index in [-0.39, 0.29) is 18.0 Å². The minimum Gasteiger partial charge on any atom is -0.755 e. The molecule has 9 heteroatoms. The van der Waals surface area contributed by atoms with Crippen LogP contribution in [0.4, 0.5) is 11.4 Å². The Bertz CT molecular complexity index is 1470. The summed E-state index contributed by atoms with van der Waals surface area (Å²) in [7, 11) is 0. The lowest BCUT2D eigenvalue weighted by Crippen LogP contribution is -2.42. The number of amides is 1. The van der Waals surface area contributed by atoms with Crippen molar-refractivity contribution in [2.75, 3.05) is 15.7 Å². The van der Waals surface area contributed by atoms with Gasteiger partial charge in [-0.2, -0.15) is 0 Å². The highest BCUT2D eigenvalue weighted by molar-refractivity contribution is 9.10. The van der Waals surface area contributed by atoms with Crippen LogP contribution in [0.5, 0.6) is 0 Å². The Morgan fingerprint density at radius 2 is 1.51 bits per heavy atom. The maximum atomic E-state index is 12.5. The third-order valence-corrected chi connectivity index (χ3v) is 7.89. The standard InChI is InChI=1S/C30H29BrN2O5S/c1-21(34)32(28-11-6-8-24-7-2-3-9-27(24)28)20-5-4-10-29(30(35)36)33(39(37)38)26-18-14-23(15-19-26)22-12-16-25(31)17-13-22/h2-3,6-9,11-19,29H,4-5,10,20H2,1H3,(H,35,36)(H,37,38)/p-1. The maximum absolute atomic E-state index is 12.5. The molecule has 1 N–H and O–H groups in total. The zero-order valence-electron chi connectivity index (χ0n) is 21.3. The molecular weight excluding hydrogens is 580 g/mol. The van der Waals surface area contributed by atoms with E-state index in [0.29, 0.717) is 19.4 Å². The summed E-state index contributed by atoms with van der Waals surface area (Å²) in [6, 6.07) is 26.8. The number of carboxylic acid groups (broad SMARTS) is 1. The molecule has 0 aliphatic heterocycles. The number of aliphatic carboxylic acids is 1. The Balaban J connectivity index is 1.46. The van der Waals surface area contributed by atoms with E-state index in [1.54, 1.807) is 29.2 Å². The highest BCUT2D eigenvalue weighted by Crippen LogP contribution is 2.29. The number of anilines is 2. The minimum atomic E-state index is -2.79. The van der Waals surface area contributed by atoms with Gasteiger partial charge in [0.05, 0.1) is 5.69 Å². The van der Waals surface area contributed by atoms with Crippen molar-refractivity contribution in [2.45, 2.75) is 32.2 Å². The summed E-state index contributed by atoms with van der Waals surface area (Å²) in [4.78, 5) is 26.3. The molecule has 0 bridgehead atoms. The van der Waals surface area contributed by atoms with Crippen LogP contribution < -0.4 is 9.21 Å². The van der Waals surface area contributed by atoms with Gasteiger partial charge in [-0.1, -0.05) is 76.6 Å². The van der Waals surface area contributed by atoms with Crippen molar-refractivity contribution >= 4 is 61.2 Å². The molecule has 0 aliphatic rings. The van der Waals surface area contributed by atoms with Crippen LogP contribution in [0.3, 0.4) is 0 Å². The smallest absolute Gasteiger partial charge is 0.327 e. The zero-order chi connectivity index (χ0) is 27.9. The minimum absolute atomic E-state index is 0.0963. The second-order valence-electron chi connectivity index (χ2n) is 9.12. The van der Waals surface area contributed by atoms with E-state index in [9.17, 15) is 23.5 Å². The Morgan fingerprint density at radius 3 is 2.13 bits per heavy atom. The van der Waals surface area contributed by atoms with Crippen molar-refractivity contribution in [2.24, 2.45) is 0 Å². The quantitative estimate of drug-likeness (QED) is 0.154. The summed E-state index contributed by atoms with van der Waals surface area (Å²) < 4.78 is 26.2. The molecule has 0 saturated heterocycles. The van der Waals surface area contributed by atoms with Crippen LogP contribution in [0, 0.1) is 0 Å². The van der Waals surface area contributed by atoms with Gasteiger partial charge in [0.1, 0.15) is 6.04 Å². The van der Waals surface area contributed by atoms with Gasteiger partial charge in [0.25, 0.3) is 0 Å². The first kappa shape index (κ1) is 28.5. The molecule has 2 atom stereocenters. The highest BCUT2D eigenvalue weighted by Gasteiger charge is 2.27. The predicted octanol–water partition coefficient (Wildman–Crippen LogP) is 6.55. The topological polar surface area (TPSA) is 101 Å². The normalized spacial score (nSPS) is 12.6. The first-order valence-corrected chi connectivity index (χ1v) is 14.3. The maximum Gasteiger partial charge on any atom is 0.327 e. The fraction of sp³-hybridized carbons (Fsp3) is 0.200. The van der Waals surface area contributed by atoms with Crippen molar-refractivity contribution in [3.05, 3.63) is 95.5 Å². The van der Waals surface area contributed by atoms with Crippen LogP contribution in [0.15, 0.2) is 95.5 Å². The Hall–Kier alpha value is -3.53. The van der Waals surface area contributed by atoms with Crippen LogP contribution in [-0.2, 0) is 20.9 Å². The van der Waals surface area contributed by atoms with Gasteiger partial charge in [0.2, 0.25) is 5.91 Å². The molecular formula is C30H28BrN2O5S-. The SMILES string of the molecule is CC(=O)N(CCCCC(C(=O)O)N(c1ccc(-c2ccc(Br)cc2)cc1)S(=O)[O-])c1cccc2ccccc12. The third-order valence-electron chi connectivity index (χ3n) is 6.57. The molecule has 0 radical (unpaired) electrons. The van der Waals surface area contributed by atoms with Crippen LogP contribution in [0.2, 0.25) is 0 Å². The van der Waals surface area contributed by atoms with Crippen molar-refractivity contribution in [3.63, 3.8) is 0 Å². The number of hydrogen-bond donors (Lipinski definition) is 1. The number of nitrogens with zero attached hydrogens (tertiary/aromatic N) is 2. The zero-order valence-corrected chi connectivity index (χ0v) is 23.7. The largest absolute Gasteiger partial charge is 0.755 e. The lowest BCUT2D eigenvalue weighted by molar-refractivity contribution is -0.138. The van der Waals surface area contributed by atoms with E-state index in [1.807, 2.05) is 66.7 Å². The number of carbonyl (C=O) groups is 2. The van der Waals surface area contributed by atoms with Gasteiger partial charge in [-0.25, -0.2) is 4.79 Å². The molecule has 4 rings (SSSR count). The molecule has 202 valence electrons. The first-order valence-electron chi connectivity index (χ1n) is 12.5. The molecule has 0 saturated carbocycles. The van der Waals surface area contributed by atoms with E-state index in [1.165, 1.54) is 6.92 Å². The number of carboxylic acids is 1. The van der Waals surface area contributed by atoms with Gasteiger partial charge in [-0.3, -0.25) is 13.3 Å². The lowest BCUT2D eigenvalue weighted by Gasteiger charge is -2.32. The molecule has 4 aromatic carbocycles. The first-order chi connectivity index (χ1) is 18.8. The van der Waals surface area contributed by atoms with Gasteiger partial charge in [-0.15, -0.1) is 0 Å². The number of rotatable bonds is 11. The molecule has 0 fully saturated rings. The van der Waals surface area contributed by atoms with E-state index in [2.05, 4.69) is 15.9 Å². The highest BCUT2D eigenvalue weighted by atomic mass is 79.9. The molecule has 0 aliphatic carbocycles. The van der Waals surface area contributed by atoms with Crippen LogP contribution >= 0.6 is 15.9 Å². The summed E-state index contributed by atoms with van der Waals surface area (Å²) in [5.74, 6) is -1.34. The van der Waals surface area contributed by atoms with Crippen LogP contribution in [0.25, 0.3) is 21.9 Å². The van der Waals surface area contributed by atoms with Gasteiger partial charge in [-0.05, 0) is 66.1 Å². The van der Waals surface area contributed by atoms with E-state index < -0.39 is 23.3 Å².